The second kappa shape index (κ2) is 4.27. The fourth-order valence-corrected chi connectivity index (χ4v) is 1.41. The Morgan fingerprint density at radius 1 is 1.33 bits per heavy atom. The van der Waals surface area contributed by atoms with Crippen LogP contribution < -0.4 is 10.3 Å². The molecular weight excluding hydrogens is 260 g/mol. The minimum Gasteiger partial charge on any atom is -0.433 e. The molecule has 0 aliphatic rings. The highest BCUT2D eigenvalue weighted by Gasteiger charge is 2.05. The van der Waals surface area contributed by atoms with Gasteiger partial charge in [0, 0.05) is 12.4 Å². The van der Waals surface area contributed by atoms with Crippen molar-refractivity contribution in [3.8, 4) is 11.6 Å². The molecule has 1 aromatic heterocycles. The van der Waals surface area contributed by atoms with Gasteiger partial charge in [-0.1, -0.05) is 12.1 Å². The molecule has 0 radical (unpaired) electrons. The summed E-state index contributed by atoms with van der Waals surface area (Å²) in [4.78, 5) is 17.6. The molecule has 0 aliphatic carbocycles. The minimum atomic E-state index is -0.353. The van der Waals surface area contributed by atoms with Gasteiger partial charge < -0.3 is 9.72 Å². The number of hydrogen-bond acceptors (Lipinski definition) is 3. The van der Waals surface area contributed by atoms with Crippen molar-refractivity contribution in [2.45, 2.75) is 0 Å². The van der Waals surface area contributed by atoms with E-state index in [0.29, 0.717) is 5.75 Å². The van der Waals surface area contributed by atoms with Crippen molar-refractivity contribution in [3.05, 3.63) is 51.5 Å². The summed E-state index contributed by atoms with van der Waals surface area (Å²) in [6, 6.07) is 7.25. The SMILES string of the molecule is O=c1[nH]ccnc1Oc1ccccc1Br. The maximum Gasteiger partial charge on any atom is 0.311 e. The highest BCUT2D eigenvalue weighted by molar-refractivity contribution is 9.10. The summed E-state index contributed by atoms with van der Waals surface area (Å²) in [5, 5.41) is 0. The first-order valence-corrected chi connectivity index (χ1v) is 5.03. The van der Waals surface area contributed by atoms with Crippen molar-refractivity contribution >= 4 is 15.9 Å². The Morgan fingerprint density at radius 2 is 2.13 bits per heavy atom. The van der Waals surface area contributed by atoms with E-state index in [9.17, 15) is 4.79 Å². The summed E-state index contributed by atoms with van der Waals surface area (Å²) in [5.74, 6) is 0.589. The molecular formula is C10H7BrN2O2. The molecule has 0 aliphatic heterocycles. The van der Waals surface area contributed by atoms with Gasteiger partial charge in [0.25, 0.3) is 5.88 Å². The lowest BCUT2D eigenvalue weighted by Gasteiger charge is -2.04. The van der Waals surface area contributed by atoms with Crippen LogP contribution in [0.15, 0.2) is 45.9 Å². The summed E-state index contributed by atoms with van der Waals surface area (Å²) in [6.07, 6.45) is 2.92. The van der Waals surface area contributed by atoms with Crippen LogP contribution in [0.3, 0.4) is 0 Å². The number of halogens is 1. The van der Waals surface area contributed by atoms with Gasteiger partial charge in [-0.3, -0.25) is 4.79 Å². The normalized spacial score (nSPS) is 9.93. The zero-order chi connectivity index (χ0) is 10.7. The number of benzene rings is 1. The van der Waals surface area contributed by atoms with Crippen molar-refractivity contribution < 1.29 is 4.74 Å². The van der Waals surface area contributed by atoms with Crippen LogP contribution in [0.5, 0.6) is 11.6 Å². The van der Waals surface area contributed by atoms with Gasteiger partial charge in [-0.05, 0) is 28.1 Å². The van der Waals surface area contributed by atoms with Gasteiger partial charge in [0.15, 0.2) is 0 Å². The first-order chi connectivity index (χ1) is 7.27. The van der Waals surface area contributed by atoms with Gasteiger partial charge in [0.1, 0.15) is 5.75 Å². The number of ether oxygens (including phenoxy) is 1. The standard InChI is InChI=1S/C10H7BrN2O2/c11-7-3-1-2-4-8(7)15-10-9(14)12-5-6-13-10/h1-6H,(H,12,14). The maximum absolute atomic E-state index is 11.3. The predicted molar refractivity (Wildman–Crippen MR) is 59.1 cm³/mol. The Morgan fingerprint density at radius 3 is 2.87 bits per heavy atom. The first-order valence-electron chi connectivity index (χ1n) is 4.23. The lowest BCUT2D eigenvalue weighted by atomic mass is 10.3. The number of hydrogen-bond donors (Lipinski definition) is 1. The monoisotopic (exact) mass is 266 g/mol. The molecule has 5 heteroatoms. The smallest absolute Gasteiger partial charge is 0.311 e. The Balaban J connectivity index is 2.34. The number of nitrogens with one attached hydrogen (secondary N) is 1. The molecule has 15 heavy (non-hydrogen) atoms. The van der Waals surface area contributed by atoms with Crippen molar-refractivity contribution in [2.75, 3.05) is 0 Å². The minimum absolute atomic E-state index is 0.0319. The Bertz CT molecular complexity index is 525. The molecule has 1 N–H and O–H groups in total. The molecule has 0 atom stereocenters. The van der Waals surface area contributed by atoms with E-state index in [-0.39, 0.29) is 11.4 Å². The number of rotatable bonds is 2. The van der Waals surface area contributed by atoms with Crippen LogP contribution in [0, 0.1) is 0 Å². The molecule has 0 saturated carbocycles. The van der Waals surface area contributed by atoms with Gasteiger partial charge in [-0.15, -0.1) is 0 Å². The molecule has 2 aromatic rings. The van der Waals surface area contributed by atoms with Crippen LogP contribution in [0.1, 0.15) is 0 Å². The van der Waals surface area contributed by atoms with Gasteiger partial charge in [0.2, 0.25) is 0 Å². The molecule has 2 rings (SSSR count). The molecule has 0 fully saturated rings. The molecule has 4 nitrogen and oxygen atoms in total. The van der Waals surface area contributed by atoms with Crippen LogP contribution in [0.4, 0.5) is 0 Å². The second-order valence-electron chi connectivity index (χ2n) is 2.76. The molecule has 0 amide bonds. The number of H-pyrrole nitrogens is 1. The highest BCUT2D eigenvalue weighted by Crippen LogP contribution is 2.26. The van der Waals surface area contributed by atoms with E-state index in [4.69, 9.17) is 4.74 Å². The maximum atomic E-state index is 11.3. The summed E-state index contributed by atoms with van der Waals surface area (Å²) < 4.78 is 6.11. The topological polar surface area (TPSA) is 55.0 Å². The fourth-order valence-electron chi connectivity index (χ4n) is 1.04. The summed E-state index contributed by atoms with van der Waals surface area (Å²) >= 11 is 3.31. The third-order valence-corrected chi connectivity index (χ3v) is 2.37. The summed E-state index contributed by atoms with van der Waals surface area (Å²) in [5.41, 5.74) is -0.353. The third kappa shape index (κ3) is 2.24. The van der Waals surface area contributed by atoms with Crippen molar-refractivity contribution in [2.24, 2.45) is 0 Å². The molecule has 0 saturated heterocycles. The van der Waals surface area contributed by atoms with Crippen molar-refractivity contribution in [1.82, 2.24) is 9.97 Å². The van der Waals surface area contributed by atoms with Crippen LogP contribution in [0.2, 0.25) is 0 Å². The summed E-state index contributed by atoms with van der Waals surface area (Å²) in [6.45, 7) is 0. The van der Waals surface area contributed by atoms with Gasteiger partial charge >= 0.3 is 5.56 Å². The second-order valence-corrected chi connectivity index (χ2v) is 3.61. The third-order valence-electron chi connectivity index (χ3n) is 1.72. The van der Waals surface area contributed by atoms with E-state index in [0.717, 1.165) is 4.47 Å². The van der Waals surface area contributed by atoms with Crippen LogP contribution in [-0.4, -0.2) is 9.97 Å². The van der Waals surface area contributed by atoms with Gasteiger partial charge in [-0.2, -0.15) is 0 Å². The molecule has 0 bridgehead atoms. The number of aromatic nitrogens is 2. The lowest BCUT2D eigenvalue weighted by Crippen LogP contribution is -2.09. The molecule has 1 aromatic carbocycles. The quantitative estimate of drug-likeness (QED) is 0.908. The van der Waals surface area contributed by atoms with Crippen LogP contribution in [-0.2, 0) is 0 Å². The van der Waals surface area contributed by atoms with E-state index in [1.54, 1.807) is 6.07 Å². The lowest BCUT2D eigenvalue weighted by molar-refractivity contribution is 0.451. The number of nitrogens with zero attached hydrogens (tertiary/aromatic N) is 1. The van der Waals surface area contributed by atoms with Gasteiger partial charge in [-0.25, -0.2) is 4.98 Å². The van der Waals surface area contributed by atoms with E-state index in [2.05, 4.69) is 25.9 Å². The first kappa shape index (κ1) is 9.92. The van der Waals surface area contributed by atoms with E-state index in [1.165, 1.54) is 12.4 Å². The van der Waals surface area contributed by atoms with E-state index in [1.807, 2.05) is 18.2 Å². The van der Waals surface area contributed by atoms with Crippen molar-refractivity contribution in [1.29, 1.82) is 0 Å². The van der Waals surface area contributed by atoms with Gasteiger partial charge in [0.05, 0.1) is 4.47 Å². The number of aromatic amines is 1. The van der Waals surface area contributed by atoms with Crippen LogP contribution >= 0.6 is 15.9 Å². The summed E-state index contributed by atoms with van der Waals surface area (Å²) in [7, 11) is 0. The zero-order valence-corrected chi connectivity index (χ0v) is 9.19. The van der Waals surface area contributed by atoms with E-state index >= 15 is 0 Å². The largest absolute Gasteiger partial charge is 0.433 e. The highest BCUT2D eigenvalue weighted by atomic mass is 79.9. The predicted octanol–water partition coefficient (Wildman–Crippen LogP) is 2.32. The average Bonchev–Trinajstić information content (AvgIpc) is 2.24. The molecule has 0 spiro atoms. The Kier molecular flexibility index (Phi) is 2.82. The average molecular weight is 267 g/mol. The Labute approximate surface area is 94.1 Å². The van der Waals surface area contributed by atoms with E-state index < -0.39 is 0 Å². The molecule has 76 valence electrons. The zero-order valence-electron chi connectivity index (χ0n) is 7.61. The molecule has 0 unspecified atom stereocenters. The van der Waals surface area contributed by atoms with Crippen LogP contribution in [0.25, 0.3) is 0 Å². The molecule has 1 heterocycles. The van der Waals surface area contributed by atoms with Crippen molar-refractivity contribution in [3.63, 3.8) is 0 Å². The Hall–Kier alpha value is -1.62. The fraction of sp³-hybridized carbons (Fsp3) is 0. The number of para-hydroxylation sites is 1.